The maximum absolute atomic E-state index is 13.2. The first-order valence-corrected chi connectivity index (χ1v) is 12.3. The van der Waals surface area contributed by atoms with Gasteiger partial charge in [0, 0.05) is 42.8 Å². The summed E-state index contributed by atoms with van der Waals surface area (Å²) < 4.78 is 11.5. The molecule has 0 spiro atoms. The third kappa shape index (κ3) is 4.51. The third-order valence-corrected chi connectivity index (χ3v) is 6.73. The van der Waals surface area contributed by atoms with Gasteiger partial charge in [0.2, 0.25) is 5.89 Å². The molecule has 0 N–H and O–H groups in total. The molecule has 184 valence electrons. The lowest BCUT2D eigenvalue weighted by Crippen LogP contribution is -2.49. The van der Waals surface area contributed by atoms with E-state index in [9.17, 15) is 9.59 Å². The molecule has 1 saturated heterocycles. The summed E-state index contributed by atoms with van der Waals surface area (Å²) in [5.74, 6) is -0.315. The maximum Gasteiger partial charge on any atom is 0.339 e. The molecule has 6 rings (SSSR count). The number of hydrogen-bond acceptors (Lipinski definition) is 6. The zero-order valence-corrected chi connectivity index (χ0v) is 20.2. The summed E-state index contributed by atoms with van der Waals surface area (Å²) in [6.07, 6.45) is 0. The molecule has 1 amide bonds. The Balaban J connectivity index is 1.18. The molecule has 37 heavy (non-hydrogen) atoms. The van der Waals surface area contributed by atoms with Crippen LogP contribution in [-0.4, -0.2) is 54.5 Å². The monoisotopic (exact) mass is 491 g/mol. The summed E-state index contributed by atoms with van der Waals surface area (Å²) in [7, 11) is 0. The minimum Gasteiger partial charge on any atom is -0.452 e. The fourth-order valence-electron chi connectivity index (χ4n) is 4.83. The number of rotatable bonds is 5. The number of anilines is 1. The maximum atomic E-state index is 13.2. The van der Waals surface area contributed by atoms with Crippen LogP contribution in [0.25, 0.3) is 33.3 Å². The van der Waals surface area contributed by atoms with Gasteiger partial charge in [0.15, 0.2) is 12.2 Å². The number of amides is 1. The van der Waals surface area contributed by atoms with Gasteiger partial charge >= 0.3 is 5.97 Å². The quantitative estimate of drug-likeness (QED) is 0.317. The second kappa shape index (κ2) is 9.78. The van der Waals surface area contributed by atoms with Crippen LogP contribution in [0, 0.1) is 0 Å². The van der Waals surface area contributed by atoms with Crippen LogP contribution in [0.4, 0.5) is 5.69 Å². The molecule has 1 aliphatic rings. The molecular weight excluding hydrogens is 466 g/mol. The number of fused-ring (bicyclic) bond motifs is 2. The van der Waals surface area contributed by atoms with Crippen molar-refractivity contribution >= 4 is 39.4 Å². The summed E-state index contributed by atoms with van der Waals surface area (Å²) in [6.45, 7) is 2.34. The summed E-state index contributed by atoms with van der Waals surface area (Å²) in [5.41, 5.74) is 3.63. The van der Waals surface area contributed by atoms with Crippen molar-refractivity contribution in [3.63, 3.8) is 0 Å². The molecule has 1 fully saturated rings. The summed E-state index contributed by atoms with van der Waals surface area (Å²) in [6, 6.07) is 28.8. The number of carbonyl (C=O) groups excluding carboxylic acids is 2. The molecule has 5 aromatic rings. The Morgan fingerprint density at radius 3 is 2.32 bits per heavy atom. The Labute approximate surface area is 213 Å². The Morgan fingerprint density at radius 1 is 0.811 bits per heavy atom. The second-order valence-corrected chi connectivity index (χ2v) is 8.98. The number of carbonyl (C=O) groups is 2. The predicted octanol–water partition coefficient (Wildman–Crippen LogP) is 5.15. The third-order valence-electron chi connectivity index (χ3n) is 6.73. The van der Waals surface area contributed by atoms with Crippen LogP contribution in [0.2, 0.25) is 0 Å². The average molecular weight is 492 g/mol. The van der Waals surface area contributed by atoms with E-state index in [1.165, 1.54) is 0 Å². The van der Waals surface area contributed by atoms with E-state index >= 15 is 0 Å². The summed E-state index contributed by atoms with van der Waals surface area (Å²) >= 11 is 0. The number of benzene rings is 4. The van der Waals surface area contributed by atoms with Gasteiger partial charge in [-0.2, -0.15) is 0 Å². The van der Waals surface area contributed by atoms with Gasteiger partial charge < -0.3 is 19.0 Å². The van der Waals surface area contributed by atoms with Crippen LogP contribution < -0.4 is 4.90 Å². The van der Waals surface area contributed by atoms with E-state index in [4.69, 9.17) is 9.15 Å². The molecule has 0 atom stereocenters. The lowest BCUT2D eigenvalue weighted by Gasteiger charge is -2.36. The van der Waals surface area contributed by atoms with Crippen molar-refractivity contribution in [2.75, 3.05) is 37.7 Å². The van der Waals surface area contributed by atoms with Crippen molar-refractivity contribution in [3.8, 4) is 11.5 Å². The molecule has 0 bridgehead atoms. The highest BCUT2D eigenvalue weighted by molar-refractivity contribution is 6.10. The molecule has 0 radical (unpaired) electrons. The van der Waals surface area contributed by atoms with Crippen molar-refractivity contribution in [2.24, 2.45) is 0 Å². The van der Waals surface area contributed by atoms with Crippen molar-refractivity contribution in [1.29, 1.82) is 0 Å². The Bertz CT molecular complexity index is 1550. The largest absolute Gasteiger partial charge is 0.452 e. The predicted molar refractivity (Wildman–Crippen MR) is 142 cm³/mol. The minimum absolute atomic E-state index is 0.194. The molecule has 1 aliphatic heterocycles. The number of ether oxygens (including phenoxy) is 1. The summed E-state index contributed by atoms with van der Waals surface area (Å²) in [5, 5.41) is 1.54. The zero-order valence-electron chi connectivity index (χ0n) is 20.2. The van der Waals surface area contributed by atoms with E-state index < -0.39 is 5.97 Å². The Hall–Kier alpha value is -4.65. The number of oxazole rings is 1. The van der Waals surface area contributed by atoms with Crippen LogP contribution in [0.15, 0.2) is 95.4 Å². The smallest absolute Gasteiger partial charge is 0.339 e. The lowest BCUT2D eigenvalue weighted by molar-refractivity contribution is -0.134. The van der Waals surface area contributed by atoms with Crippen LogP contribution in [0.1, 0.15) is 10.4 Å². The van der Waals surface area contributed by atoms with Gasteiger partial charge in [0.05, 0.1) is 5.56 Å². The fraction of sp³-hybridized carbons (Fsp3) is 0.167. The van der Waals surface area contributed by atoms with Crippen LogP contribution in [0.5, 0.6) is 0 Å². The van der Waals surface area contributed by atoms with E-state index in [2.05, 4.69) is 22.0 Å². The molecule has 7 heteroatoms. The highest BCUT2D eigenvalue weighted by Gasteiger charge is 2.24. The number of aromatic nitrogens is 1. The molecule has 0 unspecified atom stereocenters. The minimum atomic E-state index is -0.551. The number of esters is 1. The Morgan fingerprint density at radius 2 is 1.54 bits per heavy atom. The molecule has 0 saturated carbocycles. The first-order valence-electron chi connectivity index (χ1n) is 12.3. The van der Waals surface area contributed by atoms with Gasteiger partial charge in [-0.3, -0.25) is 4.79 Å². The summed E-state index contributed by atoms with van der Waals surface area (Å²) in [4.78, 5) is 34.6. The van der Waals surface area contributed by atoms with Crippen molar-refractivity contribution in [3.05, 3.63) is 96.6 Å². The van der Waals surface area contributed by atoms with Gasteiger partial charge in [-0.25, -0.2) is 9.78 Å². The molecule has 2 heterocycles. The first-order chi connectivity index (χ1) is 18.2. The van der Waals surface area contributed by atoms with Crippen molar-refractivity contribution in [2.45, 2.75) is 0 Å². The normalized spacial score (nSPS) is 13.7. The first kappa shape index (κ1) is 22.8. The van der Waals surface area contributed by atoms with Gasteiger partial charge in [0.1, 0.15) is 5.52 Å². The lowest BCUT2D eigenvalue weighted by atomic mass is 9.99. The second-order valence-electron chi connectivity index (χ2n) is 8.98. The van der Waals surface area contributed by atoms with E-state index in [0.29, 0.717) is 41.1 Å². The molecule has 0 aliphatic carbocycles. The fourth-order valence-corrected chi connectivity index (χ4v) is 4.83. The van der Waals surface area contributed by atoms with E-state index in [1.54, 1.807) is 17.0 Å². The molecule has 1 aromatic heterocycles. The topological polar surface area (TPSA) is 75.9 Å². The molecule has 7 nitrogen and oxygen atoms in total. The van der Waals surface area contributed by atoms with Gasteiger partial charge in [-0.05, 0) is 41.8 Å². The van der Waals surface area contributed by atoms with E-state index in [1.807, 2.05) is 66.7 Å². The van der Waals surface area contributed by atoms with Gasteiger partial charge in [0.25, 0.3) is 5.91 Å². The Kier molecular flexibility index (Phi) is 6.02. The standard InChI is InChI=1S/C30H25N3O4/c34-27(33-18-16-32(17-19-33)22-10-2-1-3-11-22)20-36-30(35)24-13-7-9-21-8-6-12-23(28(21)24)29-31-25-14-4-5-15-26(25)37-29/h1-15H,16-20H2. The number of para-hydroxylation sites is 3. The van der Waals surface area contributed by atoms with E-state index in [0.717, 1.165) is 29.7 Å². The van der Waals surface area contributed by atoms with Gasteiger partial charge in [-0.15, -0.1) is 0 Å². The number of nitrogens with zero attached hydrogens (tertiary/aromatic N) is 3. The van der Waals surface area contributed by atoms with Crippen molar-refractivity contribution < 1.29 is 18.7 Å². The van der Waals surface area contributed by atoms with Crippen LogP contribution in [-0.2, 0) is 9.53 Å². The highest BCUT2D eigenvalue weighted by atomic mass is 16.5. The molecular formula is C30H25N3O4. The zero-order chi connectivity index (χ0) is 25.2. The molecule has 4 aromatic carbocycles. The van der Waals surface area contributed by atoms with Gasteiger partial charge in [-0.1, -0.05) is 54.6 Å². The average Bonchev–Trinajstić information content (AvgIpc) is 3.40. The van der Waals surface area contributed by atoms with Crippen molar-refractivity contribution in [1.82, 2.24) is 9.88 Å². The van der Waals surface area contributed by atoms with E-state index in [-0.39, 0.29) is 12.5 Å². The number of hydrogen-bond donors (Lipinski definition) is 0. The van der Waals surface area contributed by atoms with Crippen LogP contribution >= 0.6 is 0 Å². The highest BCUT2D eigenvalue weighted by Crippen LogP contribution is 2.33. The van der Waals surface area contributed by atoms with Crippen LogP contribution in [0.3, 0.4) is 0 Å². The SMILES string of the molecule is O=C(OCC(=O)N1CCN(c2ccccc2)CC1)c1cccc2cccc(-c3nc4ccccc4o3)c12. The number of piperazine rings is 1.